The Morgan fingerprint density at radius 2 is 2.12 bits per heavy atom. The molecule has 132 valence electrons. The van der Waals surface area contributed by atoms with Crippen molar-refractivity contribution in [3.05, 3.63) is 57.9 Å². The van der Waals surface area contributed by atoms with Gasteiger partial charge in [0, 0.05) is 10.1 Å². The van der Waals surface area contributed by atoms with Crippen LogP contribution in [0.5, 0.6) is 0 Å². The Bertz CT molecular complexity index is 1090. The number of halogens is 1. The van der Waals surface area contributed by atoms with Gasteiger partial charge < -0.3 is 9.15 Å². The maximum absolute atomic E-state index is 14.0. The number of aryl methyl sites for hydroxylation is 1. The molecule has 0 radical (unpaired) electrons. The van der Waals surface area contributed by atoms with Crippen LogP contribution in [0.4, 0.5) is 4.39 Å². The third-order valence-electron chi connectivity index (χ3n) is 3.89. The summed E-state index contributed by atoms with van der Waals surface area (Å²) in [6, 6.07) is 8.53. The van der Waals surface area contributed by atoms with Gasteiger partial charge in [-0.05, 0) is 43.0 Å². The molecule has 4 aromatic rings. The molecule has 0 spiro atoms. The predicted octanol–water partition coefficient (Wildman–Crippen LogP) is 5.38. The molecular weight excluding hydrogens is 375 g/mol. The standard InChI is InChI=1S/C18H13FN2O3S2/c1-9-14-11(19)5-3-6-12(14)26-15(9)18(22)23-10(2)16-20-21-17(24-16)13-7-4-8-25-13/h3-8,10H,1-2H3/t10-/m1/s1. The van der Waals surface area contributed by atoms with Crippen molar-refractivity contribution in [1.29, 1.82) is 0 Å². The molecule has 0 aliphatic rings. The van der Waals surface area contributed by atoms with E-state index in [4.69, 9.17) is 9.15 Å². The molecule has 3 aromatic heterocycles. The van der Waals surface area contributed by atoms with E-state index in [0.29, 0.717) is 26.4 Å². The minimum absolute atomic E-state index is 0.215. The lowest BCUT2D eigenvalue weighted by Gasteiger charge is -2.08. The average molecular weight is 388 g/mol. The first-order valence-corrected chi connectivity index (χ1v) is 9.50. The fraction of sp³-hybridized carbons (Fsp3) is 0.167. The van der Waals surface area contributed by atoms with Gasteiger partial charge in [-0.1, -0.05) is 12.1 Å². The molecule has 5 nitrogen and oxygen atoms in total. The number of thiophene rings is 2. The maximum Gasteiger partial charge on any atom is 0.349 e. The van der Waals surface area contributed by atoms with Crippen LogP contribution < -0.4 is 0 Å². The molecule has 3 heterocycles. The number of aromatic nitrogens is 2. The maximum atomic E-state index is 14.0. The summed E-state index contributed by atoms with van der Waals surface area (Å²) in [6.45, 7) is 3.37. The molecule has 8 heteroatoms. The highest BCUT2D eigenvalue weighted by Crippen LogP contribution is 2.34. The Kier molecular flexibility index (Phi) is 4.29. The monoisotopic (exact) mass is 388 g/mol. The molecule has 1 aromatic carbocycles. The number of benzene rings is 1. The lowest BCUT2D eigenvalue weighted by molar-refractivity contribution is 0.0285. The van der Waals surface area contributed by atoms with E-state index in [1.54, 1.807) is 26.0 Å². The number of hydrogen-bond donors (Lipinski definition) is 0. The molecule has 4 rings (SSSR count). The van der Waals surface area contributed by atoms with Crippen molar-refractivity contribution < 1.29 is 18.3 Å². The van der Waals surface area contributed by atoms with Gasteiger partial charge >= 0.3 is 5.97 Å². The van der Waals surface area contributed by atoms with Crippen LogP contribution in [0.3, 0.4) is 0 Å². The third kappa shape index (κ3) is 2.91. The van der Waals surface area contributed by atoms with Crippen LogP contribution in [0.2, 0.25) is 0 Å². The second kappa shape index (κ2) is 6.62. The Morgan fingerprint density at radius 3 is 2.85 bits per heavy atom. The molecule has 0 aliphatic carbocycles. The number of carbonyl (C=O) groups is 1. The predicted molar refractivity (Wildman–Crippen MR) is 98.0 cm³/mol. The van der Waals surface area contributed by atoms with Crippen LogP contribution in [0.25, 0.3) is 20.9 Å². The molecule has 0 unspecified atom stereocenters. The molecular formula is C18H13FN2O3S2. The van der Waals surface area contributed by atoms with Gasteiger partial charge in [0.1, 0.15) is 10.7 Å². The second-order valence-electron chi connectivity index (χ2n) is 5.64. The average Bonchev–Trinajstić information content (AvgIpc) is 3.34. The van der Waals surface area contributed by atoms with Crippen molar-refractivity contribution in [1.82, 2.24) is 10.2 Å². The number of nitrogens with zero attached hydrogens (tertiary/aromatic N) is 2. The van der Waals surface area contributed by atoms with E-state index in [2.05, 4.69) is 10.2 Å². The van der Waals surface area contributed by atoms with Crippen molar-refractivity contribution in [3.63, 3.8) is 0 Å². The first kappa shape index (κ1) is 16.9. The van der Waals surface area contributed by atoms with Crippen LogP contribution >= 0.6 is 22.7 Å². The fourth-order valence-corrected chi connectivity index (χ4v) is 4.36. The summed E-state index contributed by atoms with van der Waals surface area (Å²) in [5.74, 6) is -0.281. The summed E-state index contributed by atoms with van der Waals surface area (Å²) in [5.41, 5.74) is 0.574. The van der Waals surface area contributed by atoms with Gasteiger partial charge in [-0.25, -0.2) is 9.18 Å². The minimum Gasteiger partial charge on any atom is -0.448 e. The van der Waals surface area contributed by atoms with Crippen molar-refractivity contribution in [2.75, 3.05) is 0 Å². The number of ether oxygens (including phenoxy) is 1. The molecule has 0 bridgehead atoms. The summed E-state index contributed by atoms with van der Waals surface area (Å²) in [4.78, 5) is 13.8. The summed E-state index contributed by atoms with van der Waals surface area (Å²) in [7, 11) is 0. The first-order chi connectivity index (χ1) is 12.5. The number of fused-ring (bicyclic) bond motifs is 1. The number of esters is 1. The van der Waals surface area contributed by atoms with Gasteiger partial charge in [0.25, 0.3) is 11.8 Å². The highest BCUT2D eigenvalue weighted by molar-refractivity contribution is 7.21. The molecule has 0 N–H and O–H groups in total. The highest BCUT2D eigenvalue weighted by atomic mass is 32.1. The lowest BCUT2D eigenvalue weighted by atomic mass is 10.1. The quantitative estimate of drug-likeness (QED) is 0.439. The minimum atomic E-state index is -0.710. The zero-order valence-electron chi connectivity index (χ0n) is 13.9. The van der Waals surface area contributed by atoms with Crippen LogP contribution in [0, 0.1) is 12.7 Å². The lowest BCUT2D eigenvalue weighted by Crippen LogP contribution is -2.09. The van der Waals surface area contributed by atoms with Crippen molar-refractivity contribution in [2.24, 2.45) is 0 Å². The fourth-order valence-electron chi connectivity index (χ4n) is 2.61. The Hall–Kier alpha value is -2.58. The summed E-state index contributed by atoms with van der Waals surface area (Å²) in [5, 5.41) is 10.3. The van der Waals surface area contributed by atoms with Gasteiger partial charge in [-0.15, -0.1) is 32.9 Å². The van der Waals surface area contributed by atoms with Gasteiger partial charge in [0.2, 0.25) is 0 Å². The highest BCUT2D eigenvalue weighted by Gasteiger charge is 2.24. The van der Waals surface area contributed by atoms with Gasteiger partial charge in [0.05, 0.1) is 4.88 Å². The topological polar surface area (TPSA) is 65.2 Å². The van der Waals surface area contributed by atoms with Crippen molar-refractivity contribution in [3.8, 4) is 10.8 Å². The molecule has 26 heavy (non-hydrogen) atoms. The van der Waals surface area contributed by atoms with E-state index in [-0.39, 0.29) is 11.7 Å². The summed E-state index contributed by atoms with van der Waals surface area (Å²) >= 11 is 2.69. The SMILES string of the molecule is Cc1c(C(=O)O[C@H](C)c2nnc(-c3cccs3)o2)sc2cccc(F)c12. The molecule has 0 saturated carbocycles. The first-order valence-electron chi connectivity index (χ1n) is 7.80. The molecule has 0 aliphatic heterocycles. The van der Waals surface area contributed by atoms with E-state index in [1.165, 1.54) is 28.7 Å². The number of rotatable bonds is 4. The molecule has 0 saturated heterocycles. The van der Waals surface area contributed by atoms with Crippen molar-refractivity contribution in [2.45, 2.75) is 20.0 Å². The van der Waals surface area contributed by atoms with E-state index < -0.39 is 12.1 Å². The zero-order valence-corrected chi connectivity index (χ0v) is 15.5. The summed E-state index contributed by atoms with van der Waals surface area (Å²) in [6.07, 6.45) is -0.710. The van der Waals surface area contributed by atoms with Gasteiger partial charge in [-0.2, -0.15) is 0 Å². The molecule has 0 fully saturated rings. The third-order valence-corrected chi connectivity index (χ3v) is 5.99. The zero-order chi connectivity index (χ0) is 18.3. The second-order valence-corrected chi connectivity index (χ2v) is 7.64. The number of carbonyl (C=O) groups excluding carboxylic acids is 1. The Morgan fingerprint density at radius 1 is 1.27 bits per heavy atom. The van der Waals surface area contributed by atoms with Gasteiger partial charge in [0.15, 0.2) is 6.10 Å². The Labute approximate surface area is 156 Å². The molecule has 1 atom stereocenters. The smallest absolute Gasteiger partial charge is 0.349 e. The van der Waals surface area contributed by atoms with E-state index in [1.807, 2.05) is 17.5 Å². The van der Waals surface area contributed by atoms with E-state index >= 15 is 0 Å². The Balaban J connectivity index is 1.57. The van der Waals surface area contributed by atoms with E-state index in [9.17, 15) is 9.18 Å². The summed E-state index contributed by atoms with van der Waals surface area (Å²) < 4.78 is 25.8. The van der Waals surface area contributed by atoms with Crippen LogP contribution in [0.1, 0.15) is 34.2 Å². The van der Waals surface area contributed by atoms with Crippen LogP contribution in [-0.4, -0.2) is 16.2 Å². The molecule has 0 amide bonds. The van der Waals surface area contributed by atoms with Crippen molar-refractivity contribution >= 4 is 38.7 Å². The van der Waals surface area contributed by atoms with E-state index in [0.717, 1.165) is 4.88 Å². The van der Waals surface area contributed by atoms with Gasteiger partial charge in [-0.3, -0.25) is 0 Å². The van der Waals surface area contributed by atoms with Crippen LogP contribution in [-0.2, 0) is 4.74 Å². The normalized spacial score (nSPS) is 12.4. The van der Waals surface area contributed by atoms with Crippen LogP contribution in [0.15, 0.2) is 40.1 Å². The number of hydrogen-bond acceptors (Lipinski definition) is 7. The largest absolute Gasteiger partial charge is 0.448 e.